The van der Waals surface area contributed by atoms with Crippen molar-refractivity contribution in [3.05, 3.63) is 11.2 Å². The summed E-state index contributed by atoms with van der Waals surface area (Å²) in [6.07, 6.45) is 8.29. The molecule has 1 atom stereocenters. The number of aromatic nitrogens is 2. The van der Waals surface area contributed by atoms with Gasteiger partial charge < -0.3 is 10.5 Å². The molecule has 5 rings (SSSR count). The van der Waals surface area contributed by atoms with Gasteiger partial charge in [-0.1, -0.05) is 23.4 Å². The molecule has 4 aliphatic carbocycles. The maximum Gasteiger partial charge on any atom is 0.259 e. The van der Waals surface area contributed by atoms with Gasteiger partial charge in [0, 0.05) is 11.5 Å². The normalized spacial score (nSPS) is 35.0. The molecule has 130 valence electrons. The number of hydrogen-bond donors (Lipinski definition) is 1. The molecule has 1 amide bonds. The van der Waals surface area contributed by atoms with Crippen LogP contribution in [-0.2, 0) is 4.79 Å². The maximum absolute atomic E-state index is 12.3. The molecule has 0 aromatic carbocycles. The van der Waals surface area contributed by atoms with Crippen LogP contribution in [0.3, 0.4) is 0 Å². The number of primary amides is 1. The van der Waals surface area contributed by atoms with Crippen molar-refractivity contribution in [2.75, 3.05) is 6.26 Å². The summed E-state index contributed by atoms with van der Waals surface area (Å²) < 4.78 is 6.06. The smallest absolute Gasteiger partial charge is 0.259 e. The van der Waals surface area contributed by atoms with Crippen molar-refractivity contribution in [1.29, 1.82) is 0 Å². The van der Waals surface area contributed by atoms with Gasteiger partial charge in [0.2, 0.25) is 5.88 Å². The first-order valence-corrected chi connectivity index (χ1v) is 10.1. The van der Waals surface area contributed by atoms with Crippen molar-refractivity contribution in [1.82, 2.24) is 9.97 Å². The monoisotopic (exact) mass is 367 g/mol. The second kappa shape index (κ2) is 6.06. The first kappa shape index (κ1) is 16.5. The van der Waals surface area contributed by atoms with Crippen LogP contribution in [0, 0.1) is 23.2 Å². The van der Waals surface area contributed by atoms with Gasteiger partial charge in [-0.2, -0.15) is 4.98 Å². The van der Waals surface area contributed by atoms with E-state index in [1.165, 1.54) is 31.0 Å². The molecule has 2 N–H and O–H groups in total. The lowest BCUT2D eigenvalue weighted by atomic mass is 9.48. The Balaban J connectivity index is 1.63. The lowest BCUT2D eigenvalue weighted by molar-refractivity contribution is -0.148. The molecule has 4 bridgehead atoms. The number of amides is 1. The second-order valence-corrected chi connectivity index (χ2v) is 8.86. The van der Waals surface area contributed by atoms with Crippen LogP contribution in [0.25, 0.3) is 0 Å². The topological polar surface area (TPSA) is 78.1 Å². The number of hydrogen-bond acceptors (Lipinski definition) is 5. The third-order valence-electron chi connectivity index (χ3n) is 5.97. The van der Waals surface area contributed by atoms with Crippen LogP contribution in [0.5, 0.6) is 5.88 Å². The van der Waals surface area contributed by atoms with Crippen LogP contribution < -0.4 is 10.5 Å². The fourth-order valence-electron chi connectivity index (χ4n) is 5.63. The molecule has 1 aromatic heterocycles. The van der Waals surface area contributed by atoms with Crippen LogP contribution in [-0.4, -0.2) is 28.2 Å². The molecule has 1 aromatic rings. The summed E-state index contributed by atoms with van der Waals surface area (Å²) in [5.41, 5.74) is 5.64. The van der Waals surface area contributed by atoms with Gasteiger partial charge in [-0.05, 0) is 62.5 Å². The summed E-state index contributed by atoms with van der Waals surface area (Å²) in [6.45, 7) is 0. The summed E-state index contributed by atoms with van der Waals surface area (Å²) in [4.78, 5) is 20.7. The minimum atomic E-state index is -0.633. The van der Waals surface area contributed by atoms with Crippen LogP contribution in [0.4, 0.5) is 0 Å². The van der Waals surface area contributed by atoms with Gasteiger partial charge >= 0.3 is 0 Å². The Kier molecular flexibility index (Phi) is 4.15. The average Bonchev–Trinajstić information content (AvgIpc) is 2.50. The van der Waals surface area contributed by atoms with E-state index in [2.05, 4.69) is 9.97 Å². The van der Waals surface area contributed by atoms with E-state index in [4.69, 9.17) is 22.1 Å². The summed E-state index contributed by atoms with van der Waals surface area (Å²) in [6, 6.07) is 1.57. The van der Waals surface area contributed by atoms with Crippen LogP contribution in [0.15, 0.2) is 11.2 Å². The predicted octanol–water partition coefficient (Wildman–Crippen LogP) is 3.30. The Morgan fingerprint density at radius 2 is 1.88 bits per heavy atom. The molecule has 24 heavy (non-hydrogen) atoms. The van der Waals surface area contributed by atoms with Crippen molar-refractivity contribution in [2.45, 2.75) is 49.8 Å². The Morgan fingerprint density at radius 3 is 2.38 bits per heavy atom. The standard InChI is InChI=1S/C17H22ClN3O2S/c1-24-16-20-12(18)5-13(21-16)23-14(15(19)22)17-6-9-2-10(7-17)4-11(3-9)8-17/h5,9-11,14H,2-4,6-8H2,1H3,(H2,19,22). The number of nitrogens with two attached hydrogens (primary N) is 1. The van der Waals surface area contributed by atoms with E-state index >= 15 is 0 Å². The summed E-state index contributed by atoms with van der Waals surface area (Å²) >= 11 is 7.44. The highest BCUT2D eigenvalue weighted by Gasteiger charge is 2.56. The molecule has 4 aliphatic rings. The summed E-state index contributed by atoms with van der Waals surface area (Å²) in [7, 11) is 0. The first-order chi connectivity index (χ1) is 11.5. The average molecular weight is 368 g/mol. The second-order valence-electron chi connectivity index (χ2n) is 7.70. The van der Waals surface area contributed by atoms with E-state index in [1.807, 2.05) is 6.26 Å². The van der Waals surface area contributed by atoms with Crippen LogP contribution >= 0.6 is 23.4 Å². The summed E-state index contributed by atoms with van der Waals surface area (Å²) in [5, 5.41) is 0.851. The highest BCUT2D eigenvalue weighted by Crippen LogP contribution is 2.61. The molecule has 0 spiro atoms. The molecule has 0 radical (unpaired) electrons. The van der Waals surface area contributed by atoms with Gasteiger partial charge in [0.25, 0.3) is 5.91 Å². The van der Waals surface area contributed by atoms with E-state index in [9.17, 15) is 4.79 Å². The predicted molar refractivity (Wildman–Crippen MR) is 93.0 cm³/mol. The number of carbonyl (C=O) groups is 1. The molecular weight excluding hydrogens is 346 g/mol. The molecule has 5 nitrogen and oxygen atoms in total. The zero-order chi connectivity index (χ0) is 16.9. The fourth-order valence-corrected chi connectivity index (χ4v) is 6.23. The van der Waals surface area contributed by atoms with Crippen molar-refractivity contribution in [3.8, 4) is 5.88 Å². The van der Waals surface area contributed by atoms with E-state index in [1.54, 1.807) is 6.07 Å². The Bertz CT molecular complexity index is 634. The molecule has 1 unspecified atom stereocenters. The van der Waals surface area contributed by atoms with Crippen LogP contribution in [0.1, 0.15) is 38.5 Å². The van der Waals surface area contributed by atoms with Crippen molar-refractivity contribution < 1.29 is 9.53 Å². The maximum atomic E-state index is 12.3. The number of halogens is 1. The number of nitrogens with zero attached hydrogens (tertiary/aromatic N) is 2. The van der Waals surface area contributed by atoms with E-state index < -0.39 is 12.0 Å². The number of thioether (sulfide) groups is 1. The van der Waals surface area contributed by atoms with Crippen molar-refractivity contribution in [2.24, 2.45) is 28.9 Å². The fraction of sp³-hybridized carbons (Fsp3) is 0.706. The lowest BCUT2D eigenvalue weighted by Crippen LogP contribution is -2.57. The van der Waals surface area contributed by atoms with Crippen LogP contribution in [0.2, 0.25) is 5.15 Å². The van der Waals surface area contributed by atoms with E-state index in [0.29, 0.717) is 16.2 Å². The first-order valence-electron chi connectivity index (χ1n) is 8.52. The van der Waals surface area contributed by atoms with E-state index in [-0.39, 0.29) is 5.41 Å². The molecular formula is C17H22ClN3O2S. The van der Waals surface area contributed by atoms with Gasteiger partial charge in [-0.25, -0.2) is 4.98 Å². The number of rotatable bonds is 5. The third kappa shape index (κ3) is 2.88. The Morgan fingerprint density at radius 1 is 1.29 bits per heavy atom. The number of carbonyl (C=O) groups excluding carboxylic acids is 1. The lowest BCUT2D eigenvalue weighted by Gasteiger charge is -2.58. The zero-order valence-corrected chi connectivity index (χ0v) is 15.3. The Labute approximate surface area is 151 Å². The van der Waals surface area contributed by atoms with Gasteiger partial charge in [-0.15, -0.1) is 0 Å². The van der Waals surface area contributed by atoms with Gasteiger partial charge in [-0.3, -0.25) is 4.79 Å². The largest absolute Gasteiger partial charge is 0.463 e. The molecule has 0 aliphatic heterocycles. The minimum Gasteiger partial charge on any atom is -0.463 e. The zero-order valence-electron chi connectivity index (χ0n) is 13.7. The summed E-state index contributed by atoms with van der Waals surface area (Å²) in [5.74, 6) is 2.11. The van der Waals surface area contributed by atoms with Gasteiger partial charge in [0.05, 0.1) is 0 Å². The molecule has 1 heterocycles. The molecule has 4 fully saturated rings. The molecule has 4 saturated carbocycles. The third-order valence-corrected chi connectivity index (χ3v) is 6.71. The van der Waals surface area contributed by atoms with Crippen molar-refractivity contribution >= 4 is 29.3 Å². The molecule has 0 saturated heterocycles. The Hall–Kier alpha value is -1.01. The number of ether oxygens (including phenoxy) is 1. The molecule has 7 heteroatoms. The quantitative estimate of drug-likeness (QED) is 0.490. The minimum absolute atomic E-state index is 0.127. The van der Waals surface area contributed by atoms with Gasteiger partial charge in [0.1, 0.15) is 5.15 Å². The van der Waals surface area contributed by atoms with Gasteiger partial charge in [0.15, 0.2) is 11.3 Å². The van der Waals surface area contributed by atoms with Crippen molar-refractivity contribution in [3.63, 3.8) is 0 Å². The SMILES string of the molecule is CSc1nc(Cl)cc(OC(C(N)=O)C23CC4CC(CC(C4)C2)C3)n1. The highest BCUT2D eigenvalue weighted by atomic mass is 35.5. The highest BCUT2D eigenvalue weighted by molar-refractivity contribution is 7.98. The van der Waals surface area contributed by atoms with E-state index in [0.717, 1.165) is 37.0 Å².